The lowest BCUT2D eigenvalue weighted by Crippen LogP contribution is -2.25. The van der Waals surface area contributed by atoms with E-state index in [1.54, 1.807) is 10.7 Å². The molecule has 0 saturated carbocycles. The first kappa shape index (κ1) is 15.6. The second-order valence-electron chi connectivity index (χ2n) is 5.17. The zero-order chi connectivity index (χ0) is 15.7. The van der Waals surface area contributed by atoms with E-state index < -0.39 is 6.04 Å². The van der Waals surface area contributed by atoms with Gasteiger partial charge in [0.1, 0.15) is 6.04 Å². The molecule has 1 aromatic carbocycles. The molecule has 0 aliphatic carbocycles. The lowest BCUT2D eigenvalue weighted by molar-refractivity contribution is -0.119. The van der Waals surface area contributed by atoms with Crippen LogP contribution in [0.5, 0.6) is 0 Å². The maximum absolute atomic E-state index is 12.4. The summed E-state index contributed by atoms with van der Waals surface area (Å²) < 4.78 is 2.66. The molecule has 2 rings (SSSR count). The number of halogens is 1. The lowest BCUT2D eigenvalue weighted by Gasteiger charge is -2.16. The van der Waals surface area contributed by atoms with Gasteiger partial charge >= 0.3 is 0 Å². The van der Waals surface area contributed by atoms with Crippen LogP contribution in [0.25, 0.3) is 0 Å². The minimum absolute atomic E-state index is 0.110. The highest BCUT2D eigenvalue weighted by Crippen LogP contribution is 2.24. The van der Waals surface area contributed by atoms with Crippen molar-refractivity contribution in [1.29, 1.82) is 0 Å². The second kappa shape index (κ2) is 5.89. The van der Waals surface area contributed by atoms with E-state index >= 15 is 0 Å². The average molecular weight is 351 g/mol. The zero-order valence-corrected chi connectivity index (χ0v) is 14.2. The Kier molecular flexibility index (Phi) is 4.37. The van der Waals surface area contributed by atoms with Crippen LogP contribution in [0.3, 0.4) is 0 Å². The minimum Gasteiger partial charge on any atom is -0.399 e. The molecule has 0 radical (unpaired) electrons. The number of carbonyl (C=O) groups excluding carboxylic acids is 1. The molecular weight excluding hydrogens is 332 g/mol. The minimum atomic E-state index is -0.396. The van der Waals surface area contributed by atoms with Crippen LogP contribution in [0.4, 0.5) is 11.4 Å². The van der Waals surface area contributed by atoms with Gasteiger partial charge in [-0.05, 0) is 67.4 Å². The summed E-state index contributed by atoms with van der Waals surface area (Å²) in [6, 6.07) is 5.02. The van der Waals surface area contributed by atoms with E-state index in [-0.39, 0.29) is 5.91 Å². The van der Waals surface area contributed by atoms with Gasteiger partial charge in [0.25, 0.3) is 0 Å². The first-order valence-corrected chi connectivity index (χ1v) is 7.48. The Hall–Kier alpha value is -1.82. The van der Waals surface area contributed by atoms with Gasteiger partial charge in [-0.2, -0.15) is 5.10 Å². The number of hydrogen-bond donors (Lipinski definition) is 2. The van der Waals surface area contributed by atoms with Crippen LogP contribution in [-0.2, 0) is 4.79 Å². The molecule has 1 atom stereocenters. The van der Waals surface area contributed by atoms with E-state index in [1.165, 1.54) is 0 Å². The number of carbonyl (C=O) groups is 1. The Bertz CT molecular complexity index is 693. The smallest absolute Gasteiger partial charge is 0.248 e. The van der Waals surface area contributed by atoms with Gasteiger partial charge < -0.3 is 11.1 Å². The molecule has 1 heterocycles. The summed E-state index contributed by atoms with van der Waals surface area (Å²) in [7, 11) is 0. The maximum Gasteiger partial charge on any atom is 0.248 e. The first-order valence-electron chi connectivity index (χ1n) is 6.69. The van der Waals surface area contributed by atoms with Crippen LogP contribution in [0.1, 0.15) is 29.9 Å². The Morgan fingerprint density at radius 1 is 1.38 bits per heavy atom. The monoisotopic (exact) mass is 350 g/mol. The topological polar surface area (TPSA) is 72.9 Å². The average Bonchev–Trinajstić information content (AvgIpc) is 2.68. The first-order chi connectivity index (χ1) is 9.81. The molecule has 5 nitrogen and oxygen atoms in total. The number of nitrogens with two attached hydrogens (primary N) is 1. The fourth-order valence-corrected chi connectivity index (χ4v) is 2.46. The van der Waals surface area contributed by atoms with Crippen molar-refractivity contribution in [2.24, 2.45) is 0 Å². The molecule has 0 spiro atoms. The van der Waals surface area contributed by atoms with E-state index in [0.29, 0.717) is 5.69 Å². The van der Waals surface area contributed by atoms with E-state index in [4.69, 9.17) is 5.73 Å². The molecule has 0 aliphatic heterocycles. The molecule has 0 saturated heterocycles. The summed E-state index contributed by atoms with van der Waals surface area (Å²) in [5, 5.41) is 7.32. The molecule has 3 N–H and O–H groups in total. The molecule has 0 bridgehead atoms. The Labute approximate surface area is 132 Å². The van der Waals surface area contributed by atoms with Crippen molar-refractivity contribution < 1.29 is 4.79 Å². The molecule has 112 valence electrons. The third-order valence-corrected chi connectivity index (χ3v) is 4.64. The van der Waals surface area contributed by atoms with Gasteiger partial charge in [-0.15, -0.1) is 0 Å². The van der Waals surface area contributed by atoms with Crippen molar-refractivity contribution in [3.63, 3.8) is 0 Å². The van der Waals surface area contributed by atoms with Gasteiger partial charge in [0.2, 0.25) is 5.91 Å². The van der Waals surface area contributed by atoms with Gasteiger partial charge in [-0.25, -0.2) is 0 Å². The van der Waals surface area contributed by atoms with Gasteiger partial charge in [0.15, 0.2) is 0 Å². The quantitative estimate of drug-likeness (QED) is 0.833. The van der Waals surface area contributed by atoms with Crippen LogP contribution >= 0.6 is 15.9 Å². The van der Waals surface area contributed by atoms with Crippen molar-refractivity contribution in [3.05, 3.63) is 39.6 Å². The van der Waals surface area contributed by atoms with Crippen LogP contribution in [0, 0.1) is 20.8 Å². The summed E-state index contributed by atoms with van der Waals surface area (Å²) >= 11 is 3.47. The zero-order valence-electron chi connectivity index (χ0n) is 12.6. The summed E-state index contributed by atoms with van der Waals surface area (Å²) in [5.41, 5.74) is 9.90. The molecule has 6 heteroatoms. The SMILES string of the molecule is Cc1cc(N)ccc1NC(=O)C(C)n1nc(C)c(Br)c1C. The van der Waals surface area contributed by atoms with E-state index in [1.807, 2.05) is 39.8 Å². The van der Waals surface area contributed by atoms with Crippen molar-refractivity contribution in [2.75, 3.05) is 11.1 Å². The highest BCUT2D eigenvalue weighted by Gasteiger charge is 2.20. The van der Waals surface area contributed by atoms with E-state index in [0.717, 1.165) is 27.1 Å². The summed E-state index contributed by atoms with van der Waals surface area (Å²) in [6.45, 7) is 7.58. The summed E-state index contributed by atoms with van der Waals surface area (Å²) in [4.78, 5) is 12.4. The lowest BCUT2D eigenvalue weighted by atomic mass is 10.1. The Balaban J connectivity index is 2.21. The Morgan fingerprint density at radius 2 is 2.05 bits per heavy atom. The number of nitrogens with one attached hydrogen (secondary N) is 1. The molecule has 2 aromatic rings. The predicted octanol–water partition coefficient (Wildman–Crippen LogP) is 3.35. The second-order valence-corrected chi connectivity index (χ2v) is 5.96. The fourth-order valence-electron chi connectivity index (χ4n) is 2.20. The number of nitrogen functional groups attached to an aromatic ring is 1. The molecular formula is C15H19BrN4O. The van der Waals surface area contributed by atoms with Crippen LogP contribution in [-0.4, -0.2) is 15.7 Å². The van der Waals surface area contributed by atoms with Crippen LogP contribution in [0.15, 0.2) is 22.7 Å². The largest absolute Gasteiger partial charge is 0.399 e. The highest BCUT2D eigenvalue weighted by atomic mass is 79.9. The van der Waals surface area contributed by atoms with E-state index in [2.05, 4.69) is 26.3 Å². The van der Waals surface area contributed by atoms with Gasteiger partial charge in [0, 0.05) is 11.4 Å². The molecule has 1 aromatic heterocycles. The molecule has 0 aliphatic rings. The maximum atomic E-state index is 12.4. The van der Waals surface area contributed by atoms with Crippen molar-refractivity contribution in [1.82, 2.24) is 9.78 Å². The summed E-state index contributed by atoms with van der Waals surface area (Å²) in [6.07, 6.45) is 0. The number of aryl methyl sites for hydroxylation is 2. The number of nitrogens with zero attached hydrogens (tertiary/aromatic N) is 2. The fraction of sp³-hybridized carbons (Fsp3) is 0.333. The molecule has 0 fully saturated rings. The van der Waals surface area contributed by atoms with Gasteiger partial charge in [0.05, 0.1) is 15.9 Å². The number of amides is 1. The number of aromatic nitrogens is 2. The van der Waals surface area contributed by atoms with Gasteiger partial charge in [-0.1, -0.05) is 0 Å². The van der Waals surface area contributed by atoms with Crippen LogP contribution < -0.4 is 11.1 Å². The third-order valence-electron chi connectivity index (χ3n) is 3.49. The number of rotatable bonds is 3. The van der Waals surface area contributed by atoms with E-state index in [9.17, 15) is 4.79 Å². The summed E-state index contributed by atoms with van der Waals surface area (Å²) in [5.74, 6) is -0.110. The number of hydrogen-bond acceptors (Lipinski definition) is 3. The van der Waals surface area contributed by atoms with Crippen LogP contribution in [0.2, 0.25) is 0 Å². The molecule has 1 amide bonds. The number of benzene rings is 1. The highest BCUT2D eigenvalue weighted by molar-refractivity contribution is 9.10. The molecule has 21 heavy (non-hydrogen) atoms. The van der Waals surface area contributed by atoms with Crippen molar-refractivity contribution in [2.45, 2.75) is 33.7 Å². The number of anilines is 2. The van der Waals surface area contributed by atoms with Gasteiger partial charge in [-0.3, -0.25) is 9.48 Å². The normalized spacial score (nSPS) is 12.2. The Morgan fingerprint density at radius 3 is 2.57 bits per heavy atom. The van der Waals surface area contributed by atoms with Crippen molar-refractivity contribution >= 4 is 33.2 Å². The predicted molar refractivity (Wildman–Crippen MR) is 88.3 cm³/mol. The van der Waals surface area contributed by atoms with Crippen molar-refractivity contribution in [3.8, 4) is 0 Å². The standard InChI is InChI=1S/C15H19BrN4O/c1-8-7-12(17)5-6-13(8)18-15(21)11(4)20-10(3)14(16)9(2)19-20/h5-7,11H,17H2,1-4H3,(H,18,21). The third kappa shape index (κ3) is 3.10. The molecule has 1 unspecified atom stereocenters.